The maximum absolute atomic E-state index is 14.2. The number of ether oxygens (including phenoxy) is 1. The number of fused-ring (bicyclic) bond motifs is 4. The van der Waals surface area contributed by atoms with Gasteiger partial charge in [0.05, 0.1) is 16.7 Å². The highest BCUT2D eigenvalue weighted by Gasteiger charge is 2.61. The molecule has 1 aromatic carbocycles. The van der Waals surface area contributed by atoms with E-state index in [0.717, 1.165) is 24.8 Å². The number of rotatable bonds is 2. The van der Waals surface area contributed by atoms with E-state index in [4.69, 9.17) is 16.3 Å². The van der Waals surface area contributed by atoms with Crippen LogP contribution in [0.2, 0.25) is 5.02 Å². The minimum atomic E-state index is -0.426. The maximum atomic E-state index is 14.2. The van der Waals surface area contributed by atoms with Crippen molar-refractivity contribution in [3.63, 3.8) is 0 Å². The Morgan fingerprint density at radius 1 is 1.32 bits per heavy atom. The molecule has 4 nitrogen and oxygen atoms in total. The third-order valence-electron chi connectivity index (χ3n) is 7.48. The van der Waals surface area contributed by atoms with Crippen molar-refractivity contribution in [3.05, 3.63) is 34.6 Å². The van der Waals surface area contributed by atoms with Crippen LogP contribution in [0.3, 0.4) is 0 Å². The van der Waals surface area contributed by atoms with Crippen molar-refractivity contribution in [2.45, 2.75) is 70.2 Å². The van der Waals surface area contributed by atoms with E-state index in [0.29, 0.717) is 18.4 Å². The number of hydrogen-bond acceptors (Lipinski definition) is 3. The molecule has 1 aliphatic carbocycles. The van der Waals surface area contributed by atoms with Crippen molar-refractivity contribution in [1.29, 1.82) is 0 Å². The standard InChI is InChI=1S/C22H30ClFN2O2/c1-12-16-10-15(21(3,4)25-12)11-17-20(14-5-6-18(23)19(24)9-14)28-8-7-22(16,17)26-13(2)27/h5-6,9,12,15-17,20,25H,7-8,10-11H2,1-4H3,(H,26,27)/t12-,15?,16?,17+,20+,22+/m1/s1. The van der Waals surface area contributed by atoms with E-state index >= 15 is 0 Å². The quantitative estimate of drug-likeness (QED) is 0.770. The molecule has 1 amide bonds. The molecule has 2 unspecified atom stereocenters. The van der Waals surface area contributed by atoms with Crippen LogP contribution in [0.15, 0.2) is 18.2 Å². The zero-order chi connectivity index (χ0) is 20.3. The Morgan fingerprint density at radius 3 is 2.71 bits per heavy atom. The molecule has 2 heterocycles. The minimum absolute atomic E-state index is 0.0107. The number of carbonyl (C=O) groups is 1. The second-order valence-corrected chi connectivity index (χ2v) is 9.88. The molecule has 2 aliphatic heterocycles. The maximum Gasteiger partial charge on any atom is 0.217 e. The van der Waals surface area contributed by atoms with Crippen LogP contribution in [0, 0.1) is 23.6 Å². The first-order valence-electron chi connectivity index (χ1n) is 10.3. The van der Waals surface area contributed by atoms with Crippen LogP contribution >= 0.6 is 11.6 Å². The summed E-state index contributed by atoms with van der Waals surface area (Å²) in [4.78, 5) is 12.2. The van der Waals surface area contributed by atoms with Gasteiger partial charge in [-0.1, -0.05) is 17.7 Å². The molecule has 154 valence electrons. The molecule has 1 aromatic rings. The predicted molar refractivity (Wildman–Crippen MR) is 108 cm³/mol. The van der Waals surface area contributed by atoms with Gasteiger partial charge in [-0.3, -0.25) is 4.79 Å². The SMILES string of the molecule is CC(=O)N[C@]12CCO[C@@H](c3ccc(Cl)c(F)c3)[C@@H]1CC1CC2[C@@H](C)NC1(C)C. The van der Waals surface area contributed by atoms with Gasteiger partial charge in [-0.15, -0.1) is 0 Å². The van der Waals surface area contributed by atoms with Gasteiger partial charge < -0.3 is 15.4 Å². The van der Waals surface area contributed by atoms with Gasteiger partial charge in [0.2, 0.25) is 5.91 Å². The van der Waals surface area contributed by atoms with E-state index in [-0.39, 0.29) is 40.1 Å². The number of carbonyl (C=O) groups excluding carboxylic acids is 1. The van der Waals surface area contributed by atoms with Crippen LogP contribution in [0.1, 0.15) is 58.6 Å². The van der Waals surface area contributed by atoms with Gasteiger partial charge in [0.25, 0.3) is 0 Å². The molecule has 0 radical (unpaired) electrons. The van der Waals surface area contributed by atoms with E-state index in [1.165, 1.54) is 6.07 Å². The lowest BCUT2D eigenvalue weighted by atomic mass is 9.52. The number of nitrogens with one attached hydrogen (secondary N) is 2. The van der Waals surface area contributed by atoms with Gasteiger partial charge in [0.1, 0.15) is 5.82 Å². The minimum Gasteiger partial charge on any atom is -0.373 e. The summed E-state index contributed by atoms with van der Waals surface area (Å²) in [5.74, 6) is 0.449. The summed E-state index contributed by atoms with van der Waals surface area (Å²) >= 11 is 5.91. The van der Waals surface area contributed by atoms with Crippen molar-refractivity contribution in [2.75, 3.05) is 6.61 Å². The number of benzene rings is 1. The van der Waals surface area contributed by atoms with Crippen LogP contribution in [-0.4, -0.2) is 29.6 Å². The first-order chi connectivity index (χ1) is 13.1. The second-order valence-electron chi connectivity index (χ2n) is 9.47. The summed E-state index contributed by atoms with van der Waals surface area (Å²) in [6.45, 7) is 8.88. The summed E-state index contributed by atoms with van der Waals surface area (Å²) in [5.41, 5.74) is 0.482. The highest BCUT2D eigenvalue weighted by atomic mass is 35.5. The molecule has 2 bridgehead atoms. The molecule has 3 aliphatic rings. The first-order valence-corrected chi connectivity index (χ1v) is 10.6. The highest BCUT2D eigenvalue weighted by molar-refractivity contribution is 6.30. The molecule has 4 rings (SSSR count). The number of amides is 1. The number of piperidine rings is 1. The Bertz CT molecular complexity index is 786. The molecule has 2 saturated heterocycles. The highest BCUT2D eigenvalue weighted by Crippen LogP contribution is 2.56. The van der Waals surface area contributed by atoms with Crippen molar-refractivity contribution in [2.24, 2.45) is 17.8 Å². The summed E-state index contributed by atoms with van der Waals surface area (Å²) in [6, 6.07) is 5.23. The van der Waals surface area contributed by atoms with Crippen LogP contribution in [0.5, 0.6) is 0 Å². The van der Waals surface area contributed by atoms with Gasteiger partial charge in [-0.25, -0.2) is 4.39 Å². The Labute approximate surface area is 171 Å². The van der Waals surface area contributed by atoms with Crippen molar-refractivity contribution in [3.8, 4) is 0 Å². The van der Waals surface area contributed by atoms with E-state index in [2.05, 4.69) is 31.4 Å². The Kier molecular flexibility index (Phi) is 5.00. The molecule has 3 fully saturated rings. The molecule has 6 heteroatoms. The third kappa shape index (κ3) is 3.16. The Morgan fingerprint density at radius 2 is 2.04 bits per heavy atom. The van der Waals surface area contributed by atoms with Crippen molar-refractivity contribution in [1.82, 2.24) is 10.6 Å². The normalized spacial score (nSPS) is 39.1. The molecule has 0 aromatic heterocycles. The summed E-state index contributed by atoms with van der Waals surface area (Å²) in [7, 11) is 0. The first kappa shape index (κ1) is 20.1. The van der Waals surface area contributed by atoms with E-state index < -0.39 is 5.82 Å². The lowest BCUT2D eigenvalue weighted by molar-refractivity contribution is -0.160. The van der Waals surface area contributed by atoms with E-state index in [1.54, 1.807) is 13.0 Å². The van der Waals surface area contributed by atoms with Crippen LogP contribution < -0.4 is 10.6 Å². The lowest BCUT2D eigenvalue weighted by Crippen LogP contribution is -2.73. The zero-order valence-electron chi connectivity index (χ0n) is 17.0. The molecule has 1 saturated carbocycles. The van der Waals surface area contributed by atoms with Crippen molar-refractivity contribution >= 4 is 17.5 Å². The molecule has 28 heavy (non-hydrogen) atoms. The van der Waals surface area contributed by atoms with Crippen molar-refractivity contribution < 1.29 is 13.9 Å². The summed E-state index contributed by atoms with van der Waals surface area (Å²) < 4.78 is 20.4. The van der Waals surface area contributed by atoms with E-state index in [1.807, 2.05) is 6.07 Å². The molecule has 0 spiro atoms. The third-order valence-corrected chi connectivity index (χ3v) is 7.79. The number of halogens is 2. The van der Waals surface area contributed by atoms with E-state index in [9.17, 15) is 9.18 Å². The molecule has 2 N–H and O–H groups in total. The Balaban J connectivity index is 1.79. The van der Waals surface area contributed by atoms with Gasteiger partial charge in [-0.05, 0) is 69.6 Å². The van der Waals surface area contributed by atoms with Gasteiger partial charge in [-0.2, -0.15) is 0 Å². The van der Waals surface area contributed by atoms with Crippen LogP contribution in [-0.2, 0) is 9.53 Å². The fourth-order valence-corrected chi connectivity index (χ4v) is 6.40. The topological polar surface area (TPSA) is 50.4 Å². The Hall–Kier alpha value is -1.17. The number of hydrogen-bond donors (Lipinski definition) is 2. The summed E-state index contributed by atoms with van der Waals surface area (Å²) in [5, 5.41) is 7.27. The average molecular weight is 409 g/mol. The van der Waals surface area contributed by atoms with Crippen LogP contribution in [0.25, 0.3) is 0 Å². The van der Waals surface area contributed by atoms with Gasteiger partial charge in [0.15, 0.2) is 0 Å². The molecular formula is C22H30ClFN2O2. The predicted octanol–water partition coefficient (Wildman–Crippen LogP) is 4.23. The van der Waals surface area contributed by atoms with Gasteiger partial charge >= 0.3 is 0 Å². The van der Waals surface area contributed by atoms with Gasteiger partial charge in [0, 0.05) is 31.0 Å². The fourth-order valence-electron chi connectivity index (χ4n) is 6.28. The fraction of sp³-hybridized carbons (Fsp3) is 0.682. The monoisotopic (exact) mass is 408 g/mol. The smallest absolute Gasteiger partial charge is 0.217 e. The summed E-state index contributed by atoms with van der Waals surface area (Å²) in [6.07, 6.45) is 2.55. The average Bonchev–Trinajstić information content (AvgIpc) is 2.60. The molecular weight excluding hydrogens is 379 g/mol. The van der Waals surface area contributed by atoms with Crippen LogP contribution in [0.4, 0.5) is 4.39 Å². The zero-order valence-corrected chi connectivity index (χ0v) is 17.8. The second kappa shape index (κ2) is 6.96. The molecule has 6 atom stereocenters. The largest absolute Gasteiger partial charge is 0.373 e. The lowest BCUT2D eigenvalue weighted by Gasteiger charge is -2.63.